The van der Waals surface area contributed by atoms with Gasteiger partial charge in [-0.05, 0) is 18.8 Å². The van der Waals surface area contributed by atoms with Crippen molar-refractivity contribution in [1.29, 1.82) is 0 Å². The van der Waals surface area contributed by atoms with Crippen LogP contribution in [0.15, 0.2) is 0 Å². The van der Waals surface area contributed by atoms with Gasteiger partial charge < -0.3 is 5.73 Å². The summed E-state index contributed by atoms with van der Waals surface area (Å²) in [5.74, 6) is 1.71. The van der Waals surface area contributed by atoms with Gasteiger partial charge in [0.1, 0.15) is 5.82 Å². The van der Waals surface area contributed by atoms with Crippen LogP contribution in [0, 0.1) is 5.92 Å². The van der Waals surface area contributed by atoms with Gasteiger partial charge in [0.25, 0.3) is 0 Å². The number of anilines is 1. The molecule has 96 valence electrons. The average molecular weight is 235 g/mol. The third-order valence-electron chi connectivity index (χ3n) is 3.98. The molecule has 1 aliphatic rings. The SMILES string of the molecule is CCCc1c(CC2CCCCC2)nn(C)c1N. The molecule has 1 heterocycles. The predicted molar refractivity (Wildman–Crippen MR) is 71.9 cm³/mol. The Morgan fingerprint density at radius 3 is 2.65 bits per heavy atom. The summed E-state index contributed by atoms with van der Waals surface area (Å²) in [6.07, 6.45) is 10.3. The lowest BCUT2D eigenvalue weighted by atomic mass is 9.85. The van der Waals surface area contributed by atoms with Gasteiger partial charge >= 0.3 is 0 Å². The molecule has 0 unspecified atom stereocenters. The van der Waals surface area contributed by atoms with E-state index in [-0.39, 0.29) is 0 Å². The van der Waals surface area contributed by atoms with Gasteiger partial charge in [-0.1, -0.05) is 45.4 Å². The fourth-order valence-electron chi connectivity index (χ4n) is 2.99. The summed E-state index contributed by atoms with van der Waals surface area (Å²) in [5, 5.41) is 4.61. The summed E-state index contributed by atoms with van der Waals surface area (Å²) in [6.45, 7) is 2.21. The first kappa shape index (κ1) is 12.5. The van der Waals surface area contributed by atoms with E-state index in [1.54, 1.807) is 0 Å². The van der Waals surface area contributed by atoms with Crippen molar-refractivity contribution < 1.29 is 0 Å². The first-order valence-corrected chi connectivity index (χ1v) is 7.02. The molecule has 0 radical (unpaired) electrons. The Morgan fingerprint density at radius 1 is 1.29 bits per heavy atom. The fraction of sp³-hybridized carbons (Fsp3) is 0.786. The molecule has 2 N–H and O–H groups in total. The zero-order valence-electron chi connectivity index (χ0n) is 11.2. The standard InChI is InChI=1S/C14H25N3/c1-3-7-12-13(16-17(2)14(12)15)10-11-8-5-4-6-9-11/h11H,3-10,15H2,1-2H3. The van der Waals surface area contributed by atoms with Crippen LogP contribution in [0.3, 0.4) is 0 Å². The molecule has 3 heteroatoms. The van der Waals surface area contributed by atoms with E-state index in [9.17, 15) is 0 Å². The summed E-state index contributed by atoms with van der Waals surface area (Å²) in [5.41, 5.74) is 8.66. The van der Waals surface area contributed by atoms with Crippen molar-refractivity contribution in [3.8, 4) is 0 Å². The lowest BCUT2D eigenvalue weighted by Crippen LogP contribution is -2.11. The van der Waals surface area contributed by atoms with E-state index < -0.39 is 0 Å². The largest absolute Gasteiger partial charge is 0.384 e. The normalized spacial score (nSPS) is 17.5. The summed E-state index contributed by atoms with van der Waals surface area (Å²) < 4.78 is 1.85. The quantitative estimate of drug-likeness (QED) is 0.871. The van der Waals surface area contributed by atoms with Gasteiger partial charge in [-0.3, -0.25) is 4.68 Å². The van der Waals surface area contributed by atoms with Crippen LogP contribution in [-0.2, 0) is 19.9 Å². The summed E-state index contributed by atoms with van der Waals surface area (Å²) in [6, 6.07) is 0. The van der Waals surface area contributed by atoms with Crippen LogP contribution < -0.4 is 5.73 Å². The van der Waals surface area contributed by atoms with Gasteiger partial charge in [-0.2, -0.15) is 5.10 Å². The van der Waals surface area contributed by atoms with Crippen LogP contribution in [0.1, 0.15) is 56.7 Å². The molecule has 1 fully saturated rings. The topological polar surface area (TPSA) is 43.8 Å². The van der Waals surface area contributed by atoms with E-state index in [1.165, 1.54) is 43.4 Å². The van der Waals surface area contributed by atoms with Gasteiger partial charge in [-0.15, -0.1) is 0 Å². The molecule has 0 saturated heterocycles. The summed E-state index contributed by atoms with van der Waals surface area (Å²) in [4.78, 5) is 0. The first-order valence-electron chi connectivity index (χ1n) is 7.02. The molecule has 1 saturated carbocycles. The first-order chi connectivity index (χ1) is 8.22. The molecular formula is C14H25N3. The number of nitrogens with two attached hydrogens (primary N) is 1. The van der Waals surface area contributed by atoms with Crippen LogP contribution >= 0.6 is 0 Å². The second-order valence-corrected chi connectivity index (χ2v) is 5.39. The van der Waals surface area contributed by atoms with E-state index in [0.29, 0.717) is 0 Å². The molecule has 1 aromatic heterocycles. The van der Waals surface area contributed by atoms with Crippen molar-refractivity contribution in [3.05, 3.63) is 11.3 Å². The van der Waals surface area contributed by atoms with Crippen molar-refractivity contribution in [2.24, 2.45) is 13.0 Å². The Kier molecular flexibility index (Phi) is 4.08. The Morgan fingerprint density at radius 2 is 2.00 bits per heavy atom. The summed E-state index contributed by atoms with van der Waals surface area (Å²) in [7, 11) is 1.96. The lowest BCUT2D eigenvalue weighted by molar-refractivity contribution is 0.353. The molecule has 0 aromatic carbocycles. The zero-order valence-corrected chi connectivity index (χ0v) is 11.2. The molecule has 0 bridgehead atoms. The molecule has 1 aliphatic carbocycles. The molecule has 17 heavy (non-hydrogen) atoms. The second-order valence-electron chi connectivity index (χ2n) is 5.39. The molecule has 3 nitrogen and oxygen atoms in total. The maximum absolute atomic E-state index is 6.10. The Labute approximate surface area is 104 Å². The van der Waals surface area contributed by atoms with Gasteiger partial charge in [-0.25, -0.2) is 0 Å². The van der Waals surface area contributed by atoms with Gasteiger partial charge in [0.05, 0.1) is 5.69 Å². The van der Waals surface area contributed by atoms with Crippen molar-refractivity contribution in [1.82, 2.24) is 9.78 Å². The van der Waals surface area contributed by atoms with E-state index in [2.05, 4.69) is 12.0 Å². The Hall–Kier alpha value is -0.990. The number of aromatic nitrogens is 2. The molecular weight excluding hydrogens is 210 g/mol. The Balaban J connectivity index is 2.10. The number of nitrogens with zero attached hydrogens (tertiary/aromatic N) is 2. The van der Waals surface area contributed by atoms with Crippen LogP contribution in [0.5, 0.6) is 0 Å². The highest BCUT2D eigenvalue weighted by Crippen LogP contribution is 2.29. The Bertz CT molecular complexity index is 362. The average Bonchev–Trinajstić information content (AvgIpc) is 2.59. The maximum Gasteiger partial charge on any atom is 0.124 e. The highest BCUT2D eigenvalue weighted by Gasteiger charge is 2.19. The molecule has 1 aromatic rings. The number of rotatable bonds is 4. The van der Waals surface area contributed by atoms with Gasteiger partial charge in [0, 0.05) is 12.6 Å². The van der Waals surface area contributed by atoms with E-state index in [0.717, 1.165) is 31.0 Å². The lowest BCUT2D eigenvalue weighted by Gasteiger charge is -2.20. The van der Waals surface area contributed by atoms with E-state index in [4.69, 9.17) is 5.73 Å². The minimum atomic E-state index is 0.841. The van der Waals surface area contributed by atoms with Crippen LogP contribution in [0.4, 0.5) is 5.82 Å². The third-order valence-corrected chi connectivity index (χ3v) is 3.98. The number of hydrogen-bond acceptors (Lipinski definition) is 2. The molecule has 0 amide bonds. The van der Waals surface area contributed by atoms with Crippen LogP contribution in [0.25, 0.3) is 0 Å². The molecule has 0 spiro atoms. The van der Waals surface area contributed by atoms with Crippen LogP contribution in [0.2, 0.25) is 0 Å². The minimum Gasteiger partial charge on any atom is -0.384 e. The van der Waals surface area contributed by atoms with Crippen molar-refractivity contribution >= 4 is 5.82 Å². The number of aryl methyl sites for hydroxylation is 1. The van der Waals surface area contributed by atoms with Gasteiger partial charge in [0.2, 0.25) is 0 Å². The smallest absolute Gasteiger partial charge is 0.124 e. The van der Waals surface area contributed by atoms with Crippen LogP contribution in [-0.4, -0.2) is 9.78 Å². The zero-order chi connectivity index (χ0) is 12.3. The maximum atomic E-state index is 6.10. The molecule has 0 atom stereocenters. The third kappa shape index (κ3) is 2.82. The van der Waals surface area contributed by atoms with E-state index in [1.807, 2.05) is 11.7 Å². The predicted octanol–water partition coefficient (Wildman–Crippen LogP) is 3.08. The van der Waals surface area contributed by atoms with Crippen molar-refractivity contribution in [2.75, 3.05) is 5.73 Å². The second kappa shape index (κ2) is 5.56. The fourth-order valence-corrected chi connectivity index (χ4v) is 2.99. The number of hydrogen-bond donors (Lipinski definition) is 1. The number of nitrogen functional groups attached to an aromatic ring is 1. The summed E-state index contributed by atoms with van der Waals surface area (Å²) >= 11 is 0. The molecule has 0 aliphatic heterocycles. The monoisotopic (exact) mass is 235 g/mol. The van der Waals surface area contributed by atoms with Crippen molar-refractivity contribution in [3.63, 3.8) is 0 Å². The highest BCUT2D eigenvalue weighted by atomic mass is 15.3. The van der Waals surface area contributed by atoms with E-state index >= 15 is 0 Å². The highest BCUT2D eigenvalue weighted by molar-refractivity contribution is 5.43. The van der Waals surface area contributed by atoms with Gasteiger partial charge in [0.15, 0.2) is 0 Å². The van der Waals surface area contributed by atoms with Crippen molar-refractivity contribution in [2.45, 2.75) is 58.3 Å². The minimum absolute atomic E-state index is 0.841. The molecule has 2 rings (SSSR count).